The van der Waals surface area contributed by atoms with Crippen LogP contribution in [0.15, 0.2) is 24.3 Å². The predicted octanol–water partition coefficient (Wildman–Crippen LogP) is 2.48. The minimum atomic E-state index is -4.44. The number of benzene rings is 1. The molecule has 16 heavy (non-hydrogen) atoms. The molecule has 2 nitrogen and oxygen atoms in total. The topological polar surface area (TPSA) is 46.2 Å². The van der Waals surface area contributed by atoms with Gasteiger partial charge in [-0.1, -0.05) is 25.1 Å². The van der Waals surface area contributed by atoms with Crippen molar-refractivity contribution in [1.82, 2.24) is 0 Å². The lowest BCUT2D eigenvalue weighted by molar-refractivity contribution is -0.138. The van der Waals surface area contributed by atoms with Gasteiger partial charge in [0.2, 0.25) is 0 Å². The summed E-state index contributed by atoms with van der Waals surface area (Å²) >= 11 is 0. The number of hydrogen-bond acceptors (Lipinski definition) is 2. The lowest BCUT2D eigenvalue weighted by Gasteiger charge is -2.21. The zero-order valence-corrected chi connectivity index (χ0v) is 8.83. The summed E-state index contributed by atoms with van der Waals surface area (Å²) in [4.78, 5) is 0. The number of alkyl halides is 3. The van der Waals surface area contributed by atoms with Crippen LogP contribution in [0.2, 0.25) is 0 Å². The van der Waals surface area contributed by atoms with Crippen LogP contribution in [0, 0.1) is 0 Å². The Morgan fingerprint density at radius 2 is 1.88 bits per heavy atom. The van der Waals surface area contributed by atoms with Crippen LogP contribution in [0.25, 0.3) is 0 Å². The first kappa shape index (κ1) is 13.0. The smallest absolute Gasteiger partial charge is 0.391 e. The van der Waals surface area contributed by atoms with Crippen LogP contribution in [0.1, 0.15) is 30.5 Å². The van der Waals surface area contributed by atoms with Crippen molar-refractivity contribution in [2.75, 3.05) is 0 Å². The summed E-state index contributed by atoms with van der Waals surface area (Å²) in [6.07, 6.45) is -5.10. The average molecular weight is 233 g/mol. The van der Waals surface area contributed by atoms with E-state index in [0.717, 1.165) is 6.07 Å². The van der Waals surface area contributed by atoms with Crippen molar-refractivity contribution >= 4 is 0 Å². The fourth-order valence-electron chi connectivity index (χ4n) is 1.51. The molecule has 0 unspecified atom stereocenters. The molecule has 0 radical (unpaired) electrons. The number of aliphatic hydroxyl groups excluding tert-OH is 1. The maximum absolute atomic E-state index is 12.6. The molecule has 0 aliphatic carbocycles. The van der Waals surface area contributed by atoms with Gasteiger partial charge in [0.1, 0.15) is 0 Å². The van der Waals surface area contributed by atoms with Crippen molar-refractivity contribution in [3.05, 3.63) is 35.4 Å². The summed E-state index contributed by atoms with van der Waals surface area (Å²) in [5.41, 5.74) is 4.75. The zero-order valence-electron chi connectivity index (χ0n) is 8.83. The molecule has 0 aromatic heterocycles. The summed E-state index contributed by atoms with van der Waals surface area (Å²) in [6, 6.07) is 4.04. The van der Waals surface area contributed by atoms with E-state index in [4.69, 9.17) is 5.73 Å². The van der Waals surface area contributed by atoms with E-state index in [1.165, 1.54) is 18.2 Å². The second-order valence-corrected chi connectivity index (χ2v) is 3.59. The summed E-state index contributed by atoms with van der Waals surface area (Å²) < 4.78 is 37.9. The molecule has 0 aliphatic heterocycles. The van der Waals surface area contributed by atoms with Gasteiger partial charge in [-0.2, -0.15) is 13.2 Å². The van der Waals surface area contributed by atoms with Crippen LogP contribution in [-0.2, 0) is 6.18 Å². The number of rotatable bonds is 3. The van der Waals surface area contributed by atoms with E-state index in [-0.39, 0.29) is 5.56 Å². The van der Waals surface area contributed by atoms with Crippen molar-refractivity contribution in [1.29, 1.82) is 0 Å². The first-order valence-corrected chi connectivity index (χ1v) is 4.97. The molecule has 1 aromatic rings. The van der Waals surface area contributed by atoms with E-state index >= 15 is 0 Å². The van der Waals surface area contributed by atoms with Crippen molar-refractivity contribution in [2.45, 2.75) is 31.7 Å². The summed E-state index contributed by atoms with van der Waals surface area (Å²) in [7, 11) is 0. The molecule has 0 fully saturated rings. The van der Waals surface area contributed by atoms with Crippen molar-refractivity contribution in [3.8, 4) is 0 Å². The monoisotopic (exact) mass is 233 g/mol. The number of hydrogen-bond donors (Lipinski definition) is 2. The summed E-state index contributed by atoms with van der Waals surface area (Å²) in [5.74, 6) is 0. The normalized spacial score (nSPS) is 15.9. The van der Waals surface area contributed by atoms with E-state index in [2.05, 4.69) is 0 Å². The Balaban J connectivity index is 3.13. The molecule has 0 amide bonds. The molecule has 3 N–H and O–H groups in total. The standard InChI is InChI=1S/C11H14F3NO/c1-2-9(16)10(15)7-5-3-4-6-8(7)11(12,13)14/h3-6,9-10,16H,2,15H2,1H3/t9-,10+/m1/s1. The van der Waals surface area contributed by atoms with Crippen LogP contribution >= 0.6 is 0 Å². The summed E-state index contributed by atoms with van der Waals surface area (Å²) in [5, 5.41) is 9.48. The second kappa shape index (κ2) is 4.84. The highest BCUT2D eigenvalue weighted by Gasteiger charge is 2.35. The fraction of sp³-hybridized carbons (Fsp3) is 0.455. The summed E-state index contributed by atoms with van der Waals surface area (Å²) in [6.45, 7) is 1.67. The molecule has 0 heterocycles. The SMILES string of the molecule is CC[C@@H](O)[C@@H](N)c1ccccc1C(F)(F)F. The van der Waals surface area contributed by atoms with Gasteiger partial charge >= 0.3 is 6.18 Å². The van der Waals surface area contributed by atoms with Crippen LogP contribution in [-0.4, -0.2) is 11.2 Å². The van der Waals surface area contributed by atoms with Crippen LogP contribution in [0.5, 0.6) is 0 Å². The number of aliphatic hydroxyl groups is 1. The Morgan fingerprint density at radius 3 is 2.38 bits per heavy atom. The highest BCUT2D eigenvalue weighted by atomic mass is 19.4. The molecular formula is C11H14F3NO. The van der Waals surface area contributed by atoms with Crippen LogP contribution in [0.4, 0.5) is 13.2 Å². The van der Waals surface area contributed by atoms with Gasteiger partial charge in [-0.15, -0.1) is 0 Å². The number of nitrogens with two attached hydrogens (primary N) is 1. The predicted molar refractivity (Wildman–Crippen MR) is 54.7 cm³/mol. The molecule has 0 saturated heterocycles. The molecule has 0 aliphatic rings. The molecule has 90 valence electrons. The molecule has 5 heteroatoms. The molecule has 1 aromatic carbocycles. The third-order valence-electron chi connectivity index (χ3n) is 2.46. The molecule has 0 spiro atoms. The lowest BCUT2D eigenvalue weighted by atomic mass is 9.95. The van der Waals surface area contributed by atoms with Crippen molar-refractivity contribution < 1.29 is 18.3 Å². The van der Waals surface area contributed by atoms with E-state index in [0.29, 0.717) is 6.42 Å². The third-order valence-corrected chi connectivity index (χ3v) is 2.46. The Hall–Kier alpha value is -1.07. The average Bonchev–Trinajstić information content (AvgIpc) is 2.26. The van der Waals surface area contributed by atoms with Crippen LogP contribution in [0.3, 0.4) is 0 Å². The third kappa shape index (κ3) is 2.74. The highest BCUT2D eigenvalue weighted by molar-refractivity contribution is 5.32. The van der Waals surface area contributed by atoms with Crippen LogP contribution < -0.4 is 5.73 Å². The van der Waals surface area contributed by atoms with E-state index in [1.807, 2.05) is 0 Å². The van der Waals surface area contributed by atoms with Gasteiger partial charge in [-0.25, -0.2) is 0 Å². The zero-order chi connectivity index (χ0) is 12.3. The molecule has 1 rings (SSSR count). The van der Waals surface area contributed by atoms with Gasteiger partial charge in [0, 0.05) is 0 Å². The van der Waals surface area contributed by atoms with Gasteiger partial charge in [-0.05, 0) is 18.1 Å². The Morgan fingerprint density at radius 1 is 1.31 bits per heavy atom. The van der Waals surface area contributed by atoms with Gasteiger partial charge in [-0.3, -0.25) is 0 Å². The van der Waals surface area contributed by atoms with E-state index in [1.54, 1.807) is 6.92 Å². The maximum atomic E-state index is 12.6. The van der Waals surface area contributed by atoms with E-state index in [9.17, 15) is 18.3 Å². The first-order chi connectivity index (χ1) is 7.38. The van der Waals surface area contributed by atoms with Gasteiger partial charge in [0.15, 0.2) is 0 Å². The highest BCUT2D eigenvalue weighted by Crippen LogP contribution is 2.34. The molecular weight excluding hydrogens is 219 g/mol. The molecule has 0 bridgehead atoms. The Kier molecular flexibility index (Phi) is 3.93. The molecule has 2 atom stereocenters. The minimum absolute atomic E-state index is 0.0654. The minimum Gasteiger partial charge on any atom is -0.391 e. The quantitative estimate of drug-likeness (QED) is 0.842. The first-order valence-electron chi connectivity index (χ1n) is 4.97. The maximum Gasteiger partial charge on any atom is 0.416 e. The second-order valence-electron chi connectivity index (χ2n) is 3.59. The van der Waals surface area contributed by atoms with E-state index < -0.39 is 23.9 Å². The Bertz CT molecular complexity index is 351. The lowest BCUT2D eigenvalue weighted by Crippen LogP contribution is -2.28. The van der Waals surface area contributed by atoms with Gasteiger partial charge in [0.05, 0.1) is 17.7 Å². The van der Waals surface area contributed by atoms with Crippen molar-refractivity contribution in [3.63, 3.8) is 0 Å². The van der Waals surface area contributed by atoms with Gasteiger partial charge in [0.25, 0.3) is 0 Å². The number of halogens is 3. The molecule has 0 saturated carbocycles. The fourth-order valence-corrected chi connectivity index (χ4v) is 1.51. The van der Waals surface area contributed by atoms with Gasteiger partial charge < -0.3 is 10.8 Å². The van der Waals surface area contributed by atoms with Crippen molar-refractivity contribution in [2.24, 2.45) is 5.73 Å². The largest absolute Gasteiger partial charge is 0.416 e. The Labute approximate surface area is 91.9 Å².